The van der Waals surface area contributed by atoms with Gasteiger partial charge in [0.1, 0.15) is 4.60 Å². The molecule has 0 bridgehead atoms. The van der Waals surface area contributed by atoms with Crippen molar-refractivity contribution in [1.82, 2.24) is 4.98 Å². The zero-order valence-corrected chi connectivity index (χ0v) is 10.4. The monoisotopic (exact) mass is 273 g/mol. The van der Waals surface area contributed by atoms with E-state index in [-0.39, 0.29) is 5.12 Å². The fourth-order valence-corrected chi connectivity index (χ4v) is 2.16. The normalized spacial score (nSPS) is 10.1. The Kier molecular flexibility index (Phi) is 5.19. The van der Waals surface area contributed by atoms with Crippen molar-refractivity contribution in [2.75, 3.05) is 0 Å². The molecule has 0 spiro atoms. The van der Waals surface area contributed by atoms with E-state index in [9.17, 15) is 4.79 Å². The van der Waals surface area contributed by atoms with Crippen LogP contribution in [-0.2, 0) is 10.5 Å². The molecule has 0 atom stereocenters. The van der Waals surface area contributed by atoms with Gasteiger partial charge in [0.05, 0.1) is 5.69 Å². The Hall–Kier alpha value is -0.350. The first-order valence-corrected chi connectivity index (χ1v) is 6.27. The number of hydrogen-bond donors (Lipinski definition) is 0. The van der Waals surface area contributed by atoms with E-state index in [1.165, 1.54) is 11.8 Å². The van der Waals surface area contributed by atoms with Crippen molar-refractivity contribution in [1.29, 1.82) is 0 Å². The average molecular weight is 274 g/mol. The van der Waals surface area contributed by atoms with Crippen LogP contribution in [0.15, 0.2) is 22.8 Å². The van der Waals surface area contributed by atoms with Crippen molar-refractivity contribution < 1.29 is 4.79 Å². The van der Waals surface area contributed by atoms with Gasteiger partial charge >= 0.3 is 0 Å². The number of aromatic nitrogens is 1. The minimum Gasteiger partial charge on any atom is -0.287 e. The van der Waals surface area contributed by atoms with Gasteiger partial charge in [0.25, 0.3) is 0 Å². The molecule has 0 aromatic carbocycles. The first-order chi connectivity index (χ1) is 6.72. The van der Waals surface area contributed by atoms with Crippen LogP contribution < -0.4 is 0 Å². The Morgan fingerprint density at radius 3 is 3.00 bits per heavy atom. The smallest absolute Gasteiger partial charge is 0.189 e. The highest BCUT2D eigenvalue weighted by Gasteiger charge is 2.02. The van der Waals surface area contributed by atoms with Crippen LogP contribution in [0.25, 0.3) is 0 Å². The van der Waals surface area contributed by atoms with Crippen molar-refractivity contribution in [3.05, 3.63) is 28.5 Å². The van der Waals surface area contributed by atoms with E-state index in [4.69, 9.17) is 0 Å². The average Bonchev–Trinajstić information content (AvgIpc) is 2.15. The number of carbonyl (C=O) groups excluding carboxylic acids is 1. The van der Waals surface area contributed by atoms with E-state index in [0.717, 1.165) is 16.7 Å². The Bertz CT molecular complexity index is 317. The molecule has 0 aliphatic carbocycles. The lowest BCUT2D eigenvalue weighted by molar-refractivity contribution is -0.111. The molecule has 76 valence electrons. The molecular weight excluding hydrogens is 262 g/mol. The molecule has 0 fully saturated rings. The predicted molar refractivity (Wildman–Crippen MR) is 63.1 cm³/mol. The van der Waals surface area contributed by atoms with Gasteiger partial charge < -0.3 is 0 Å². The fourth-order valence-electron chi connectivity index (χ4n) is 0.961. The molecule has 1 aromatic heterocycles. The molecule has 0 amide bonds. The predicted octanol–water partition coefficient (Wildman–Crippen LogP) is 3.40. The summed E-state index contributed by atoms with van der Waals surface area (Å²) < 4.78 is 0.818. The minimum atomic E-state index is 0.245. The SMILES string of the molecule is CCCC(=O)SCc1cccc(Br)n1. The van der Waals surface area contributed by atoms with Gasteiger partial charge in [0.2, 0.25) is 0 Å². The number of rotatable bonds is 4. The molecule has 1 rings (SSSR count). The molecular formula is C10H12BrNOS. The van der Waals surface area contributed by atoms with Crippen LogP contribution in [-0.4, -0.2) is 10.1 Å². The number of hydrogen-bond acceptors (Lipinski definition) is 3. The van der Waals surface area contributed by atoms with Crippen LogP contribution in [0.2, 0.25) is 0 Å². The van der Waals surface area contributed by atoms with Crippen LogP contribution >= 0.6 is 27.7 Å². The largest absolute Gasteiger partial charge is 0.287 e. The Morgan fingerprint density at radius 2 is 2.36 bits per heavy atom. The quantitative estimate of drug-likeness (QED) is 0.788. The molecule has 0 unspecified atom stereocenters. The zero-order valence-electron chi connectivity index (χ0n) is 8.00. The highest BCUT2D eigenvalue weighted by Crippen LogP contribution is 2.15. The van der Waals surface area contributed by atoms with E-state index in [1.807, 2.05) is 25.1 Å². The summed E-state index contributed by atoms with van der Waals surface area (Å²) in [7, 11) is 0. The molecule has 0 radical (unpaired) electrons. The summed E-state index contributed by atoms with van der Waals surface area (Å²) >= 11 is 4.64. The van der Waals surface area contributed by atoms with Crippen molar-refractivity contribution >= 4 is 32.8 Å². The van der Waals surface area contributed by atoms with Gasteiger partial charge in [-0.15, -0.1) is 0 Å². The first-order valence-electron chi connectivity index (χ1n) is 4.49. The van der Waals surface area contributed by atoms with Gasteiger partial charge in [-0.3, -0.25) is 4.79 Å². The lowest BCUT2D eigenvalue weighted by Gasteiger charge is -1.99. The summed E-state index contributed by atoms with van der Waals surface area (Å²) in [6.45, 7) is 2.01. The molecule has 2 nitrogen and oxygen atoms in total. The second-order valence-electron chi connectivity index (χ2n) is 2.86. The Labute approximate surface area is 96.6 Å². The van der Waals surface area contributed by atoms with E-state index >= 15 is 0 Å². The number of carbonyl (C=O) groups is 1. The molecule has 0 aliphatic heterocycles. The second-order valence-corrected chi connectivity index (χ2v) is 4.71. The molecule has 0 aliphatic rings. The third kappa shape index (κ3) is 4.24. The summed E-state index contributed by atoms with van der Waals surface area (Å²) in [6, 6.07) is 5.73. The molecule has 14 heavy (non-hydrogen) atoms. The maximum absolute atomic E-state index is 11.2. The third-order valence-electron chi connectivity index (χ3n) is 1.61. The van der Waals surface area contributed by atoms with Crippen LogP contribution in [0.5, 0.6) is 0 Å². The summed E-state index contributed by atoms with van der Waals surface area (Å²) in [4.78, 5) is 15.5. The van der Waals surface area contributed by atoms with Gasteiger partial charge in [-0.05, 0) is 34.5 Å². The van der Waals surface area contributed by atoms with E-state index in [2.05, 4.69) is 20.9 Å². The molecule has 0 saturated carbocycles. The molecule has 1 heterocycles. The maximum atomic E-state index is 11.2. The molecule has 1 aromatic rings. The van der Waals surface area contributed by atoms with E-state index < -0.39 is 0 Å². The van der Waals surface area contributed by atoms with Crippen molar-refractivity contribution in [2.45, 2.75) is 25.5 Å². The maximum Gasteiger partial charge on any atom is 0.189 e. The van der Waals surface area contributed by atoms with E-state index in [0.29, 0.717) is 12.2 Å². The van der Waals surface area contributed by atoms with E-state index in [1.54, 1.807) is 0 Å². The molecule has 0 saturated heterocycles. The number of halogens is 1. The van der Waals surface area contributed by atoms with Crippen molar-refractivity contribution in [3.63, 3.8) is 0 Å². The summed E-state index contributed by atoms with van der Waals surface area (Å²) in [5.74, 6) is 0.665. The standard InChI is InChI=1S/C10H12BrNOS/c1-2-4-10(13)14-7-8-5-3-6-9(11)12-8/h3,5-6H,2,4,7H2,1H3. The van der Waals surface area contributed by atoms with Gasteiger partial charge in [0.15, 0.2) is 5.12 Å². The van der Waals surface area contributed by atoms with Crippen LogP contribution in [0.3, 0.4) is 0 Å². The highest BCUT2D eigenvalue weighted by molar-refractivity contribution is 9.10. The zero-order chi connectivity index (χ0) is 10.4. The number of nitrogens with zero attached hydrogens (tertiary/aromatic N) is 1. The Morgan fingerprint density at radius 1 is 1.57 bits per heavy atom. The molecule has 0 N–H and O–H groups in total. The molecule has 4 heteroatoms. The minimum absolute atomic E-state index is 0.245. The van der Waals surface area contributed by atoms with Crippen LogP contribution in [0.4, 0.5) is 0 Å². The number of thioether (sulfide) groups is 1. The van der Waals surface area contributed by atoms with Gasteiger partial charge in [0, 0.05) is 12.2 Å². The van der Waals surface area contributed by atoms with Gasteiger partial charge in [-0.1, -0.05) is 24.8 Å². The van der Waals surface area contributed by atoms with Crippen LogP contribution in [0, 0.1) is 0 Å². The van der Waals surface area contributed by atoms with Crippen LogP contribution in [0.1, 0.15) is 25.5 Å². The first kappa shape index (κ1) is 11.7. The van der Waals surface area contributed by atoms with Crippen molar-refractivity contribution in [3.8, 4) is 0 Å². The fraction of sp³-hybridized carbons (Fsp3) is 0.400. The summed E-state index contributed by atoms with van der Waals surface area (Å²) in [5, 5.41) is 0.245. The van der Waals surface area contributed by atoms with Gasteiger partial charge in [-0.25, -0.2) is 4.98 Å². The second kappa shape index (κ2) is 6.19. The van der Waals surface area contributed by atoms with Gasteiger partial charge in [-0.2, -0.15) is 0 Å². The highest BCUT2D eigenvalue weighted by atomic mass is 79.9. The van der Waals surface area contributed by atoms with Crippen molar-refractivity contribution in [2.24, 2.45) is 0 Å². The topological polar surface area (TPSA) is 30.0 Å². The Balaban J connectivity index is 2.41. The number of pyridine rings is 1. The lowest BCUT2D eigenvalue weighted by Crippen LogP contribution is -1.93. The summed E-state index contributed by atoms with van der Waals surface area (Å²) in [5.41, 5.74) is 0.939. The summed E-state index contributed by atoms with van der Waals surface area (Å²) in [6.07, 6.45) is 1.57. The third-order valence-corrected chi connectivity index (χ3v) is 3.02. The lowest BCUT2D eigenvalue weighted by atomic mass is 10.4.